The molecule has 1 aliphatic heterocycles. The summed E-state index contributed by atoms with van der Waals surface area (Å²) in [6.07, 6.45) is -9.44. The first-order valence-electron chi connectivity index (χ1n) is 7.11. The van der Waals surface area contributed by atoms with Crippen LogP contribution in [-0.4, -0.2) is 50.9 Å². The summed E-state index contributed by atoms with van der Waals surface area (Å²) < 4.78 is 101. The molecule has 1 heterocycles. The first-order valence-corrected chi connectivity index (χ1v) is 9.41. The molecule has 4 nitrogen and oxygen atoms in total. The average Bonchev–Trinajstić information content (AvgIpc) is 2.79. The topological polar surface area (TPSA) is 55.7 Å². The second-order valence-electron chi connectivity index (χ2n) is 5.45. The Labute approximate surface area is 156 Å². The highest BCUT2D eigenvalue weighted by atomic mass is 32.2. The van der Waals surface area contributed by atoms with E-state index in [9.17, 15) is 40.1 Å². The number of carbonyl (C=O) groups excluding carboxylic acids is 1. The number of hydrogen-bond donors (Lipinski definition) is 0. The lowest BCUT2D eigenvalue weighted by atomic mass is 10.2. The monoisotopic (exact) mass is 436 g/mol. The second-order valence-corrected chi connectivity index (χ2v) is 7.81. The maximum Gasteiger partial charge on any atom is 0.433 e. The minimum absolute atomic E-state index is 0.0265. The number of rotatable bonds is 4. The smallest absolute Gasteiger partial charge is 0.433 e. The van der Waals surface area contributed by atoms with Gasteiger partial charge in [0.25, 0.3) is 0 Å². The van der Waals surface area contributed by atoms with Crippen molar-refractivity contribution in [2.24, 2.45) is 4.99 Å². The van der Waals surface area contributed by atoms with E-state index in [1.54, 1.807) is 0 Å². The van der Waals surface area contributed by atoms with Gasteiger partial charge in [-0.2, -0.15) is 26.3 Å². The molecule has 1 unspecified atom stereocenters. The van der Waals surface area contributed by atoms with Crippen LogP contribution in [0, 0.1) is 12.7 Å². The maximum absolute atomic E-state index is 14.1. The standard InChI is InChI=1S/C14H11F7N2O2S2/c1-7-2-8(15)9(3-10(7)27(25)6-14(19,20)21)22-12-23(5-13(16,17)18)11(24)4-26-12/h2-3H,4-6H2,1H3. The second kappa shape index (κ2) is 7.87. The Morgan fingerprint density at radius 1 is 1.22 bits per heavy atom. The minimum atomic E-state index is -4.73. The van der Waals surface area contributed by atoms with Gasteiger partial charge in [0.15, 0.2) is 10.1 Å². The third-order valence-electron chi connectivity index (χ3n) is 3.19. The third-order valence-corrected chi connectivity index (χ3v) is 5.68. The molecule has 1 fully saturated rings. The third kappa shape index (κ3) is 6.01. The zero-order valence-corrected chi connectivity index (χ0v) is 15.1. The van der Waals surface area contributed by atoms with Gasteiger partial charge in [-0.25, -0.2) is 9.38 Å². The number of alkyl halides is 6. The van der Waals surface area contributed by atoms with E-state index in [1.807, 2.05) is 0 Å². The van der Waals surface area contributed by atoms with Crippen molar-refractivity contribution in [2.45, 2.75) is 24.2 Å². The van der Waals surface area contributed by atoms with Crippen LogP contribution in [-0.2, 0) is 16.0 Å². The fourth-order valence-corrected chi connectivity index (χ4v) is 4.13. The van der Waals surface area contributed by atoms with Gasteiger partial charge in [-0.05, 0) is 24.2 Å². The van der Waals surface area contributed by atoms with Crippen molar-refractivity contribution in [3.05, 3.63) is 23.5 Å². The van der Waals surface area contributed by atoms with Gasteiger partial charge in [-0.1, -0.05) is 11.8 Å². The predicted octanol–water partition coefficient (Wildman–Crippen LogP) is 3.93. The Hall–Kier alpha value is -1.47. The summed E-state index contributed by atoms with van der Waals surface area (Å²) in [7, 11) is 0. The summed E-state index contributed by atoms with van der Waals surface area (Å²) in [5, 5.41) is -0.437. The molecule has 0 N–H and O–H groups in total. The van der Waals surface area contributed by atoms with E-state index in [4.69, 9.17) is 0 Å². The van der Waals surface area contributed by atoms with Crippen LogP contribution in [0.4, 0.5) is 36.4 Å². The summed E-state index contributed by atoms with van der Waals surface area (Å²) in [5.74, 6) is -3.91. The highest BCUT2D eigenvalue weighted by Gasteiger charge is 2.39. The number of carbonyl (C=O) groups is 1. The van der Waals surface area contributed by atoms with Crippen molar-refractivity contribution < 1.29 is 40.1 Å². The van der Waals surface area contributed by atoms with Crippen LogP contribution in [0.1, 0.15) is 5.56 Å². The van der Waals surface area contributed by atoms with Crippen molar-refractivity contribution >= 4 is 39.7 Å². The van der Waals surface area contributed by atoms with Crippen LogP contribution in [0.3, 0.4) is 0 Å². The Morgan fingerprint density at radius 3 is 2.41 bits per heavy atom. The number of thioether (sulfide) groups is 1. The highest BCUT2D eigenvalue weighted by Crippen LogP contribution is 2.32. The molecular formula is C14H11F7N2O2S2. The first-order chi connectivity index (χ1) is 12.3. The van der Waals surface area contributed by atoms with Crippen molar-refractivity contribution in [3.63, 3.8) is 0 Å². The molecule has 0 aliphatic carbocycles. The fourth-order valence-electron chi connectivity index (χ4n) is 2.12. The molecule has 0 spiro atoms. The molecule has 0 aromatic heterocycles. The maximum atomic E-state index is 14.1. The summed E-state index contributed by atoms with van der Waals surface area (Å²) in [4.78, 5) is 15.2. The Bertz CT molecular complexity index is 765. The van der Waals surface area contributed by atoms with Gasteiger partial charge < -0.3 is 4.55 Å². The summed E-state index contributed by atoms with van der Waals surface area (Å²) in [5.41, 5.74) is -0.628. The number of aliphatic imine (C=N–C) groups is 1. The molecule has 0 radical (unpaired) electrons. The highest BCUT2D eigenvalue weighted by molar-refractivity contribution is 8.15. The summed E-state index contributed by atoms with van der Waals surface area (Å²) in [6, 6.07) is 1.58. The molecule has 0 saturated carbocycles. The van der Waals surface area contributed by atoms with Gasteiger partial charge in [0, 0.05) is 11.6 Å². The Morgan fingerprint density at radius 2 is 1.85 bits per heavy atom. The number of aryl methyl sites for hydroxylation is 1. The van der Waals surface area contributed by atoms with Gasteiger partial charge >= 0.3 is 12.4 Å². The zero-order valence-electron chi connectivity index (χ0n) is 13.4. The lowest BCUT2D eigenvalue weighted by Crippen LogP contribution is -2.38. The Kier molecular flexibility index (Phi) is 6.37. The molecule has 1 aromatic carbocycles. The number of amidine groups is 1. The molecule has 13 heteroatoms. The molecule has 1 amide bonds. The van der Waals surface area contributed by atoms with E-state index < -0.39 is 58.4 Å². The summed E-state index contributed by atoms with van der Waals surface area (Å²) in [6.45, 7) is -0.384. The van der Waals surface area contributed by atoms with Crippen molar-refractivity contribution in [1.82, 2.24) is 4.90 Å². The number of benzene rings is 1. The van der Waals surface area contributed by atoms with Crippen LogP contribution in [0.5, 0.6) is 0 Å². The van der Waals surface area contributed by atoms with E-state index >= 15 is 0 Å². The minimum Gasteiger partial charge on any atom is -0.611 e. The Balaban J connectivity index is 2.39. The van der Waals surface area contributed by atoms with E-state index in [0.717, 1.165) is 12.1 Å². The van der Waals surface area contributed by atoms with Gasteiger partial charge in [0.1, 0.15) is 18.0 Å². The normalized spacial score (nSPS) is 18.5. The largest absolute Gasteiger partial charge is 0.611 e. The number of amides is 1. The van der Waals surface area contributed by atoms with E-state index in [-0.39, 0.29) is 16.2 Å². The number of nitrogens with zero attached hydrogens (tertiary/aromatic N) is 2. The van der Waals surface area contributed by atoms with Crippen molar-refractivity contribution in [1.29, 1.82) is 0 Å². The molecule has 1 aliphatic rings. The average molecular weight is 436 g/mol. The van der Waals surface area contributed by atoms with Crippen LogP contribution < -0.4 is 0 Å². The zero-order chi connectivity index (χ0) is 20.6. The fraction of sp³-hybridized carbons (Fsp3) is 0.429. The van der Waals surface area contributed by atoms with Gasteiger partial charge in [-0.3, -0.25) is 9.69 Å². The molecule has 27 heavy (non-hydrogen) atoms. The predicted molar refractivity (Wildman–Crippen MR) is 85.8 cm³/mol. The van der Waals surface area contributed by atoms with Crippen LogP contribution in [0.15, 0.2) is 22.0 Å². The molecule has 150 valence electrons. The van der Waals surface area contributed by atoms with Gasteiger partial charge in [0.2, 0.25) is 11.7 Å². The summed E-state index contributed by atoms with van der Waals surface area (Å²) >= 11 is -1.91. The van der Waals surface area contributed by atoms with Gasteiger partial charge in [-0.15, -0.1) is 0 Å². The lowest BCUT2D eigenvalue weighted by Gasteiger charge is -2.18. The molecule has 1 saturated heterocycles. The number of halogens is 7. The van der Waals surface area contributed by atoms with E-state index in [2.05, 4.69) is 4.99 Å². The van der Waals surface area contributed by atoms with Crippen LogP contribution in [0.2, 0.25) is 0 Å². The molecule has 1 aromatic rings. The van der Waals surface area contributed by atoms with Crippen molar-refractivity contribution in [3.8, 4) is 0 Å². The van der Waals surface area contributed by atoms with E-state index in [1.165, 1.54) is 6.92 Å². The molecular weight excluding hydrogens is 425 g/mol. The SMILES string of the molecule is Cc1cc(F)c(N=C2SCC(=O)N2CC(F)(F)F)cc1[S+]([O-])CC(F)(F)F. The van der Waals surface area contributed by atoms with Crippen LogP contribution in [0.25, 0.3) is 0 Å². The quantitative estimate of drug-likeness (QED) is 0.531. The van der Waals surface area contributed by atoms with Gasteiger partial charge in [0.05, 0.1) is 5.75 Å². The van der Waals surface area contributed by atoms with Crippen LogP contribution >= 0.6 is 11.8 Å². The molecule has 1 atom stereocenters. The first kappa shape index (κ1) is 21.8. The lowest BCUT2D eigenvalue weighted by molar-refractivity contribution is -0.150. The number of hydrogen-bond acceptors (Lipinski definition) is 4. The van der Waals surface area contributed by atoms with E-state index in [0.29, 0.717) is 16.7 Å². The van der Waals surface area contributed by atoms with Crippen molar-refractivity contribution in [2.75, 3.05) is 18.1 Å². The molecule has 0 bridgehead atoms. The molecule has 2 rings (SSSR count).